The molecule has 3 nitrogen and oxygen atoms in total. The van der Waals surface area contributed by atoms with Crippen LogP contribution in [0.1, 0.15) is 28.7 Å². The largest absolute Gasteiger partial charge is 0.284 e. The lowest BCUT2D eigenvalue weighted by molar-refractivity contribution is -0.118. The molecule has 0 N–H and O–H groups in total. The Balaban J connectivity index is 1.64. The number of thiazole rings is 1. The summed E-state index contributed by atoms with van der Waals surface area (Å²) in [6.45, 7) is 4.72. The second kappa shape index (κ2) is 8.58. The molecule has 4 aromatic rings. The van der Waals surface area contributed by atoms with E-state index in [0.29, 0.717) is 13.0 Å². The summed E-state index contributed by atoms with van der Waals surface area (Å²) in [4.78, 5) is 19.9. The molecule has 0 saturated heterocycles. The van der Waals surface area contributed by atoms with Crippen LogP contribution in [0.15, 0.2) is 72.8 Å². The topological polar surface area (TPSA) is 33.2 Å². The van der Waals surface area contributed by atoms with Gasteiger partial charge in [-0.3, -0.25) is 9.69 Å². The molecule has 0 spiro atoms. The van der Waals surface area contributed by atoms with E-state index >= 15 is 0 Å². The lowest BCUT2D eigenvalue weighted by Crippen LogP contribution is -2.30. The maximum Gasteiger partial charge on any atom is 0.229 e. The molecular weight excluding hydrogens is 376 g/mol. The summed E-state index contributed by atoms with van der Waals surface area (Å²) in [6, 6.07) is 24.5. The van der Waals surface area contributed by atoms with Crippen molar-refractivity contribution in [3.63, 3.8) is 0 Å². The van der Waals surface area contributed by atoms with E-state index in [0.717, 1.165) is 27.3 Å². The van der Waals surface area contributed by atoms with Crippen molar-refractivity contribution in [2.75, 3.05) is 4.90 Å². The van der Waals surface area contributed by atoms with E-state index in [1.807, 2.05) is 41.3 Å². The number of fused-ring (bicyclic) bond motifs is 1. The predicted octanol–water partition coefficient (Wildman–Crippen LogP) is 6.08. The molecule has 4 rings (SSSR count). The summed E-state index contributed by atoms with van der Waals surface area (Å²) in [6.07, 6.45) is 1.19. The number of benzene rings is 3. The summed E-state index contributed by atoms with van der Waals surface area (Å²) in [5.74, 6) is 0.103. The Bertz CT molecular complexity index is 1120. The van der Waals surface area contributed by atoms with Crippen LogP contribution in [0, 0.1) is 13.8 Å². The first-order chi connectivity index (χ1) is 14.1. The van der Waals surface area contributed by atoms with Crippen LogP contribution in [-0.2, 0) is 17.8 Å². The van der Waals surface area contributed by atoms with E-state index in [2.05, 4.69) is 50.2 Å². The third kappa shape index (κ3) is 4.54. The van der Waals surface area contributed by atoms with Gasteiger partial charge in [0.1, 0.15) is 0 Å². The maximum absolute atomic E-state index is 13.2. The van der Waals surface area contributed by atoms with Crippen LogP contribution in [0.3, 0.4) is 0 Å². The molecule has 1 aromatic heterocycles. The van der Waals surface area contributed by atoms with Crippen molar-refractivity contribution in [3.05, 3.63) is 95.1 Å². The summed E-state index contributed by atoms with van der Waals surface area (Å²) in [5, 5.41) is 0.774. The van der Waals surface area contributed by atoms with Crippen molar-refractivity contribution >= 4 is 32.6 Å². The quantitative estimate of drug-likeness (QED) is 0.393. The lowest BCUT2D eigenvalue weighted by atomic mass is 10.1. The molecule has 1 amide bonds. The van der Waals surface area contributed by atoms with Crippen LogP contribution in [0.4, 0.5) is 5.13 Å². The van der Waals surface area contributed by atoms with E-state index in [1.165, 1.54) is 16.7 Å². The van der Waals surface area contributed by atoms with Crippen LogP contribution in [0.25, 0.3) is 10.2 Å². The fraction of sp³-hybridized carbons (Fsp3) is 0.200. The molecular formula is C25H24N2OS. The Morgan fingerprint density at radius 3 is 2.28 bits per heavy atom. The highest BCUT2D eigenvalue weighted by molar-refractivity contribution is 7.22. The molecule has 0 aliphatic heterocycles. The first-order valence-electron chi connectivity index (χ1n) is 9.86. The zero-order valence-electron chi connectivity index (χ0n) is 16.8. The Morgan fingerprint density at radius 2 is 1.59 bits per heavy atom. The Morgan fingerprint density at radius 1 is 0.931 bits per heavy atom. The highest BCUT2D eigenvalue weighted by atomic mass is 32.1. The Kier molecular flexibility index (Phi) is 5.72. The summed E-state index contributed by atoms with van der Waals surface area (Å²) in [7, 11) is 0. The fourth-order valence-electron chi connectivity index (χ4n) is 3.54. The molecule has 0 fully saturated rings. The number of aryl methyl sites for hydroxylation is 3. The zero-order valence-corrected chi connectivity index (χ0v) is 17.6. The monoisotopic (exact) mass is 400 g/mol. The van der Waals surface area contributed by atoms with Gasteiger partial charge in [-0.1, -0.05) is 78.1 Å². The molecule has 0 aliphatic carbocycles. The van der Waals surface area contributed by atoms with Crippen LogP contribution < -0.4 is 4.90 Å². The van der Waals surface area contributed by atoms with E-state index in [9.17, 15) is 4.79 Å². The van der Waals surface area contributed by atoms with Gasteiger partial charge in [0.05, 0.1) is 16.8 Å². The zero-order chi connectivity index (χ0) is 20.2. The number of hydrogen-bond donors (Lipinski definition) is 0. The van der Waals surface area contributed by atoms with Gasteiger partial charge in [-0.25, -0.2) is 4.98 Å². The Labute approximate surface area is 175 Å². The summed E-state index contributed by atoms with van der Waals surface area (Å²) in [5.41, 5.74) is 5.65. The van der Waals surface area contributed by atoms with E-state index in [1.54, 1.807) is 11.3 Å². The predicted molar refractivity (Wildman–Crippen MR) is 121 cm³/mol. The smallest absolute Gasteiger partial charge is 0.229 e. The SMILES string of the molecule is Cc1cc(C)c2sc(N(Cc3ccccc3)C(=O)CCc3ccccc3)nc2c1. The minimum atomic E-state index is 0.103. The number of amides is 1. The van der Waals surface area contributed by atoms with Crippen molar-refractivity contribution in [3.8, 4) is 0 Å². The summed E-state index contributed by atoms with van der Waals surface area (Å²) < 4.78 is 1.15. The summed E-state index contributed by atoms with van der Waals surface area (Å²) >= 11 is 1.60. The van der Waals surface area contributed by atoms with Gasteiger partial charge in [-0.2, -0.15) is 0 Å². The molecule has 1 heterocycles. The third-order valence-electron chi connectivity index (χ3n) is 4.99. The van der Waals surface area contributed by atoms with Gasteiger partial charge in [0, 0.05) is 6.42 Å². The molecule has 146 valence electrons. The van der Waals surface area contributed by atoms with Crippen LogP contribution in [-0.4, -0.2) is 10.9 Å². The molecule has 29 heavy (non-hydrogen) atoms. The number of aromatic nitrogens is 1. The van der Waals surface area contributed by atoms with Crippen molar-refractivity contribution in [1.29, 1.82) is 0 Å². The van der Waals surface area contributed by atoms with Gasteiger partial charge in [-0.15, -0.1) is 0 Å². The average molecular weight is 401 g/mol. The van der Waals surface area contributed by atoms with Crippen LogP contribution >= 0.6 is 11.3 Å². The number of anilines is 1. The van der Waals surface area contributed by atoms with E-state index in [-0.39, 0.29) is 5.91 Å². The molecule has 0 aliphatic rings. The van der Waals surface area contributed by atoms with Crippen molar-refractivity contribution in [2.45, 2.75) is 33.2 Å². The number of hydrogen-bond acceptors (Lipinski definition) is 3. The second-order valence-electron chi connectivity index (χ2n) is 7.38. The third-order valence-corrected chi connectivity index (χ3v) is 6.22. The minimum Gasteiger partial charge on any atom is -0.284 e. The van der Waals surface area contributed by atoms with E-state index in [4.69, 9.17) is 4.98 Å². The van der Waals surface area contributed by atoms with Gasteiger partial charge < -0.3 is 0 Å². The number of nitrogens with zero attached hydrogens (tertiary/aromatic N) is 2. The molecule has 3 aromatic carbocycles. The van der Waals surface area contributed by atoms with Crippen LogP contribution in [0.2, 0.25) is 0 Å². The maximum atomic E-state index is 13.2. The number of rotatable bonds is 6. The second-order valence-corrected chi connectivity index (χ2v) is 8.36. The average Bonchev–Trinajstić information content (AvgIpc) is 3.16. The molecule has 4 heteroatoms. The number of carbonyl (C=O) groups excluding carboxylic acids is 1. The van der Waals surface area contributed by atoms with Gasteiger partial charge >= 0.3 is 0 Å². The normalized spacial score (nSPS) is 11.0. The van der Waals surface area contributed by atoms with Gasteiger partial charge in [0.2, 0.25) is 5.91 Å². The lowest BCUT2D eigenvalue weighted by Gasteiger charge is -2.20. The number of carbonyl (C=O) groups is 1. The van der Waals surface area contributed by atoms with Crippen molar-refractivity contribution in [2.24, 2.45) is 0 Å². The highest BCUT2D eigenvalue weighted by Gasteiger charge is 2.20. The van der Waals surface area contributed by atoms with Gasteiger partial charge in [-0.05, 0) is 48.6 Å². The van der Waals surface area contributed by atoms with Gasteiger partial charge in [0.15, 0.2) is 5.13 Å². The molecule has 0 unspecified atom stereocenters. The Hall–Kier alpha value is -2.98. The molecule has 0 radical (unpaired) electrons. The highest BCUT2D eigenvalue weighted by Crippen LogP contribution is 2.33. The fourth-order valence-corrected chi connectivity index (χ4v) is 4.57. The van der Waals surface area contributed by atoms with Crippen LogP contribution in [0.5, 0.6) is 0 Å². The standard InChI is InChI=1S/C25H24N2OS/c1-18-15-19(2)24-22(16-18)26-25(29-24)27(17-21-11-7-4-8-12-21)23(28)14-13-20-9-5-3-6-10-20/h3-12,15-16H,13-14,17H2,1-2H3. The van der Waals surface area contributed by atoms with E-state index < -0.39 is 0 Å². The molecule has 0 atom stereocenters. The molecule has 0 saturated carbocycles. The van der Waals surface area contributed by atoms with Gasteiger partial charge in [0.25, 0.3) is 0 Å². The first-order valence-corrected chi connectivity index (χ1v) is 10.7. The first kappa shape index (κ1) is 19.3. The minimum absolute atomic E-state index is 0.103. The van der Waals surface area contributed by atoms with Crippen molar-refractivity contribution in [1.82, 2.24) is 4.98 Å². The van der Waals surface area contributed by atoms with Crippen molar-refractivity contribution < 1.29 is 4.79 Å². The molecule has 0 bridgehead atoms.